The Hall–Kier alpha value is -0.330. The summed E-state index contributed by atoms with van der Waals surface area (Å²) in [5, 5.41) is 0. The van der Waals surface area contributed by atoms with E-state index in [1.54, 1.807) is 0 Å². The highest BCUT2D eigenvalue weighted by molar-refractivity contribution is 5.82. The van der Waals surface area contributed by atoms with Gasteiger partial charge in [0.15, 0.2) is 0 Å². The molecule has 1 heteroatoms. The maximum atomic E-state index is 11.5. The lowest BCUT2D eigenvalue weighted by atomic mass is 9.83. The molecule has 11 heavy (non-hydrogen) atoms. The van der Waals surface area contributed by atoms with Gasteiger partial charge < -0.3 is 0 Å². The summed E-state index contributed by atoms with van der Waals surface area (Å²) in [5.41, 5.74) is 0. The molecule has 1 saturated carbocycles. The van der Waals surface area contributed by atoms with Crippen LogP contribution in [0, 0.1) is 11.8 Å². The molecule has 0 saturated heterocycles. The van der Waals surface area contributed by atoms with Gasteiger partial charge in [0.05, 0.1) is 0 Å². The standard InChI is InChI=1S/C10H18O.H2/c1-8(2)10(11)9-6-4-3-5-7-9;/h8-9H,3-7H2,1-2H3;1H. The maximum Gasteiger partial charge on any atom is 0.138 e. The van der Waals surface area contributed by atoms with Gasteiger partial charge in [0.25, 0.3) is 0 Å². The molecule has 0 bridgehead atoms. The Labute approximate surface area is 70.7 Å². The van der Waals surface area contributed by atoms with Crippen molar-refractivity contribution in [2.75, 3.05) is 0 Å². The first kappa shape index (κ1) is 8.76. The number of rotatable bonds is 2. The minimum absolute atomic E-state index is 0. The van der Waals surface area contributed by atoms with Crippen molar-refractivity contribution in [3.8, 4) is 0 Å². The highest BCUT2D eigenvalue weighted by Gasteiger charge is 2.22. The van der Waals surface area contributed by atoms with Crippen molar-refractivity contribution in [3.05, 3.63) is 0 Å². The molecule has 0 aromatic rings. The van der Waals surface area contributed by atoms with E-state index < -0.39 is 0 Å². The Balaban J connectivity index is 0.00000121. The van der Waals surface area contributed by atoms with Gasteiger partial charge in [0.2, 0.25) is 0 Å². The average molecular weight is 156 g/mol. The van der Waals surface area contributed by atoms with Gasteiger partial charge in [0, 0.05) is 13.3 Å². The third-order valence-electron chi connectivity index (χ3n) is 2.58. The first-order valence-corrected chi connectivity index (χ1v) is 4.75. The zero-order valence-electron chi connectivity index (χ0n) is 7.60. The second-order valence-corrected chi connectivity index (χ2v) is 3.89. The van der Waals surface area contributed by atoms with Crippen LogP contribution in [0.3, 0.4) is 0 Å². The van der Waals surface area contributed by atoms with Crippen LogP contribution in [0.2, 0.25) is 0 Å². The van der Waals surface area contributed by atoms with Crippen molar-refractivity contribution in [3.63, 3.8) is 0 Å². The van der Waals surface area contributed by atoms with Gasteiger partial charge in [-0.25, -0.2) is 0 Å². The minimum Gasteiger partial charge on any atom is -0.299 e. The van der Waals surface area contributed by atoms with Crippen LogP contribution in [-0.2, 0) is 4.79 Å². The number of Topliss-reactive ketones (excluding diaryl/α,β-unsaturated/α-hetero) is 1. The number of hydrogen-bond acceptors (Lipinski definition) is 1. The predicted octanol–water partition coefficient (Wildman–Crippen LogP) is 3.04. The van der Waals surface area contributed by atoms with Crippen LogP contribution in [0.5, 0.6) is 0 Å². The molecule has 0 heterocycles. The SMILES string of the molecule is CC(C)C(=O)C1CCCCC1.[HH]. The van der Waals surface area contributed by atoms with Gasteiger partial charge in [-0.2, -0.15) is 0 Å². The highest BCUT2D eigenvalue weighted by atomic mass is 16.1. The van der Waals surface area contributed by atoms with Crippen LogP contribution in [-0.4, -0.2) is 5.78 Å². The van der Waals surface area contributed by atoms with E-state index in [0.717, 1.165) is 12.8 Å². The smallest absolute Gasteiger partial charge is 0.138 e. The summed E-state index contributed by atoms with van der Waals surface area (Å²) in [5.74, 6) is 1.14. The van der Waals surface area contributed by atoms with Gasteiger partial charge in [-0.1, -0.05) is 33.1 Å². The molecule has 0 unspecified atom stereocenters. The lowest BCUT2D eigenvalue weighted by Gasteiger charge is -2.21. The molecule has 1 aliphatic carbocycles. The second kappa shape index (κ2) is 3.89. The van der Waals surface area contributed by atoms with E-state index in [2.05, 4.69) is 0 Å². The lowest BCUT2D eigenvalue weighted by molar-refractivity contribution is -0.126. The molecule has 0 N–H and O–H groups in total. The molecule has 0 aromatic carbocycles. The Morgan fingerprint density at radius 3 is 2.27 bits per heavy atom. The van der Waals surface area contributed by atoms with E-state index in [1.807, 2.05) is 13.8 Å². The molecule has 0 radical (unpaired) electrons. The summed E-state index contributed by atoms with van der Waals surface area (Å²) in [6, 6.07) is 0. The van der Waals surface area contributed by atoms with Crippen molar-refractivity contribution in [2.45, 2.75) is 46.0 Å². The molecular formula is C10H20O. The van der Waals surface area contributed by atoms with Crippen molar-refractivity contribution in [2.24, 2.45) is 11.8 Å². The van der Waals surface area contributed by atoms with E-state index in [9.17, 15) is 4.79 Å². The van der Waals surface area contributed by atoms with Crippen molar-refractivity contribution in [1.29, 1.82) is 0 Å². The topological polar surface area (TPSA) is 17.1 Å². The van der Waals surface area contributed by atoms with Gasteiger partial charge in [-0.3, -0.25) is 4.79 Å². The van der Waals surface area contributed by atoms with E-state index in [0.29, 0.717) is 11.7 Å². The predicted molar refractivity (Wildman–Crippen MR) is 48.5 cm³/mol. The van der Waals surface area contributed by atoms with Gasteiger partial charge in [0.1, 0.15) is 5.78 Å². The third-order valence-corrected chi connectivity index (χ3v) is 2.58. The van der Waals surface area contributed by atoms with E-state index in [4.69, 9.17) is 0 Å². The second-order valence-electron chi connectivity index (χ2n) is 3.89. The number of hydrogen-bond donors (Lipinski definition) is 0. The van der Waals surface area contributed by atoms with Crippen LogP contribution in [0.15, 0.2) is 0 Å². The first-order valence-electron chi connectivity index (χ1n) is 4.75. The molecule has 1 fully saturated rings. The monoisotopic (exact) mass is 156 g/mol. The average Bonchev–Trinajstić information content (AvgIpc) is 2.05. The molecule has 1 aliphatic rings. The van der Waals surface area contributed by atoms with Crippen LogP contribution < -0.4 is 0 Å². The van der Waals surface area contributed by atoms with Gasteiger partial charge in [-0.15, -0.1) is 0 Å². The summed E-state index contributed by atoms with van der Waals surface area (Å²) in [4.78, 5) is 11.5. The zero-order chi connectivity index (χ0) is 8.27. The highest BCUT2D eigenvalue weighted by Crippen LogP contribution is 2.26. The van der Waals surface area contributed by atoms with E-state index in [-0.39, 0.29) is 7.34 Å². The number of carbonyl (C=O) groups excluding carboxylic acids is 1. The molecular weight excluding hydrogens is 136 g/mol. The van der Waals surface area contributed by atoms with Crippen molar-refractivity contribution < 1.29 is 6.22 Å². The van der Waals surface area contributed by atoms with Gasteiger partial charge >= 0.3 is 0 Å². The van der Waals surface area contributed by atoms with Crippen molar-refractivity contribution in [1.82, 2.24) is 0 Å². The summed E-state index contributed by atoms with van der Waals surface area (Å²) in [6.07, 6.45) is 6.17. The molecule has 1 rings (SSSR count). The first-order chi connectivity index (χ1) is 5.22. The molecule has 0 amide bonds. The summed E-state index contributed by atoms with van der Waals surface area (Å²) in [7, 11) is 0. The Morgan fingerprint density at radius 1 is 1.27 bits per heavy atom. The normalized spacial score (nSPS) is 20.6. The molecule has 0 aromatic heterocycles. The molecule has 1 nitrogen and oxygen atoms in total. The fourth-order valence-corrected chi connectivity index (χ4v) is 1.86. The fraction of sp³-hybridized carbons (Fsp3) is 0.900. The molecule has 66 valence electrons. The van der Waals surface area contributed by atoms with E-state index >= 15 is 0 Å². The van der Waals surface area contributed by atoms with Crippen LogP contribution in [0.1, 0.15) is 47.4 Å². The quantitative estimate of drug-likeness (QED) is 0.600. The summed E-state index contributed by atoms with van der Waals surface area (Å²) in [6.45, 7) is 4.02. The van der Waals surface area contributed by atoms with Crippen LogP contribution >= 0.6 is 0 Å². The van der Waals surface area contributed by atoms with Gasteiger partial charge in [-0.05, 0) is 12.8 Å². The fourth-order valence-electron chi connectivity index (χ4n) is 1.86. The summed E-state index contributed by atoms with van der Waals surface area (Å²) >= 11 is 0. The van der Waals surface area contributed by atoms with Crippen LogP contribution in [0.4, 0.5) is 0 Å². The Bertz CT molecular complexity index is 137. The molecule has 0 aliphatic heterocycles. The molecule has 0 atom stereocenters. The molecule has 0 spiro atoms. The number of ketones is 1. The van der Waals surface area contributed by atoms with Crippen molar-refractivity contribution >= 4 is 5.78 Å². The zero-order valence-corrected chi connectivity index (χ0v) is 7.60. The lowest BCUT2D eigenvalue weighted by Crippen LogP contribution is -2.21. The Morgan fingerprint density at radius 2 is 1.82 bits per heavy atom. The largest absolute Gasteiger partial charge is 0.299 e. The minimum atomic E-state index is 0. The maximum absolute atomic E-state index is 11.5. The van der Waals surface area contributed by atoms with Crippen LogP contribution in [0.25, 0.3) is 0 Å². The summed E-state index contributed by atoms with van der Waals surface area (Å²) < 4.78 is 0. The number of carbonyl (C=O) groups is 1. The third kappa shape index (κ3) is 2.32. The Kier molecular flexibility index (Phi) is 3.10. The van der Waals surface area contributed by atoms with E-state index in [1.165, 1.54) is 19.3 Å².